The molecule has 0 atom stereocenters. The molecule has 4 heteroatoms. The number of pyridine rings is 1. The van der Waals surface area contributed by atoms with Crippen molar-refractivity contribution in [2.75, 3.05) is 5.23 Å². The van der Waals surface area contributed by atoms with Gasteiger partial charge in [0.25, 0.3) is 0 Å². The number of nitrogens with one attached hydrogen (secondary N) is 1. The highest BCUT2D eigenvalue weighted by molar-refractivity contribution is 6.15. The minimum atomic E-state index is -0.00176. The minimum Gasteiger partial charge on any atom is -0.433 e. The molecule has 0 aliphatic carbocycles. The Morgan fingerprint density at radius 2 is 2.07 bits per heavy atom. The summed E-state index contributed by atoms with van der Waals surface area (Å²) < 4.78 is 1.91. The number of rotatable bonds is 2. The van der Waals surface area contributed by atoms with Crippen molar-refractivity contribution in [3.8, 4) is 0 Å². The predicted molar refractivity (Wildman–Crippen MR) is 59.9 cm³/mol. The molecule has 2 radical (unpaired) electrons. The van der Waals surface area contributed by atoms with Gasteiger partial charge in [-0.2, -0.15) is 0 Å². The van der Waals surface area contributed by atoms with Gasteiger partial charge in [0.15, 0.2) is 0 Å². The van der Waals surface area contributed by atoms with Gasteiger partial charge in [-0.1, -0.05) is 13.8 Å². The SMILES string of the molecule is [B]Nc1cn(C)c(C)c(C(C)C)c1=O. The van der Waals surface area contributed by atoms with Crippen LogP contribution in [0.1, 0.15) is 31.0 Å². The van der Waals surface area contributed by atoms with E-state index in [1.807, 2.05) is 32.4 Å². The predicted octanol–water partition coefficient (Wildman–Crippen LogP) is 1.31. The van der Waals surface area contributed by atoms with Crippen molar-refractivity contribution >= 4 is 13.7 Å². The molecule has 0 spiro atoms. The zero-order valence-corrected chi connectivity index (χ0v) is 9.09. The lowest BCUT2D eigenvalue weighted by atomic mass is 10.0. The zero-order valence-electron chi connectivity index (χ0n) is 9.09. The van der Waals surface area contributed by atoms with E-state index in [0.717, 1.165) is 11.3 Å². The Kier molecular flexibility index (Phi) is 3.04. The van der Waals surface area contributed by atoms with Crippen LogP contribution in [0.15, 0.2) is 11.0 Å². The first kappa shape index (κ1) is 10.9. The first-order valence-corrected chi connectivity index (χ1v) is 4.65. The standard InChI is InChI=1S/C10H15BN2O/c1-6(2)9-7(3)13(4)5-8(12-11)10(9)14/h5-6,12H,1-4H3. The van der Waals surface area contributed by atoms with Crippen LogP contribution in [0.5, 0.6) is 0 Å². The monoisotopic (exact) mass is 190 g/mol. The Labute approximate surface area is 85.6 Å². The van der Waals surface area contributed by atoms with E-state index in [9.17, 15) is 4.79 Å². The molecule has 0 fully saturated rings. The van der Waals surface area contributed by atoms with E-state index < -0.39 is 0 Å². The normalized spacial score (nSPS) is 10.6. The van der Waals surface area contributed by atoms with Gasteiger partial charge in [-0.15, -0.1) is 0 Å². The maximum Gasteiger partial charge on any atom is 0.222 e. The van der Waals surface area contributed by atoms with Crippen LogP contribution in [-0.4, -0.2) is 12.5 Å². The van der Waals surface area contributed by atoms with Crippen molar-refractivity contribution in [3.05, 3.63) is 27.7 Å². The lowest BCUT2D eigenvalue weighted by Gasteiger charge is -2.15. The highest BCUT2D eigenvalue weighted by Gasteiger charge is 2.12. The zero-order chi connectivity index (χ0) is 10.9. The summed E-state index contributed by atoms with van der Waals surface area (Å²) in [6.45, 7) is 5.95. The third-order valence-electron chi connectivity index (χ3n) is 2.46. The van der Waals surface area contributed by atoms with Crippen LogP contribution in [0.25, 0.3) is 0 Å². The van der Waals surface area contributed by atoms with Crippen LogP contribution in [0.2, 0.25) is 0 Å². The van der Waals surface area contributed by atoms with Gasteiger partial charge in [0, 0.05) is 24.5 Å². The Balaban J connectivity index is 3.53. The molecule has 1 N–H and O–H groups in total. The first-order valence-electron chi connectivity index (χ1n) is 4.65. The second kappa shape index (κ2) is 3.90. The maximum absolute atomic E-state index is 11.9. The molecule has 0 amide bonds. The highest BCUT2D eigenvalue weighted by atomic mass is 16.1. The van der Waals surface area contributed by atoms with Crippen molar-refractivity contribution in [3.63, 3.8) is 0 Å². The lowest BCUT2D eigenvalue weighted by Crippen LogP contribution is -2.20. The number of aromatic nitrogens is 1. The van der Waals surface area contributed by atoms with E-state index in [2.05, 4.69) is 5.23 Å². The fourth-order valence-electron chi connectivity index (χ4n) is 1.63. The summed E-state index contributed by atoms with van der Waals surface area (Å²) >= 11 is 0. The molecule has 0 saturated heterocycles. The Hall–Kier alpha value is -1.19. The van der Waals surface area contributed by atoms with Crippen LogP contribution in [0.4, 0.5) is 5.69 Å². The van der Waals surface area contributed by atoms with Gasteiger partial charge < -0.3 is 9.79 Å². The lowest BCUT2D eigenvalue weighted by molar-refractivity contribution is 0.773. The van der Waals surface area contributed by atoms with Gasteiger partial charge >= 0.3 is 0 Å². The molecule has 14 heavy (non-hydrogen) atoms. The number of hydrogen-bond acceptors (Lipinski definition) is 2. The van der Waals surface area contributed by atoms with Gasteiger partial charge in [-0.3, -0.25) is 4.79 Å². The van der Waals surface area contributed by atoms with E-state index >= 15 is 0 Å². The molecule has 74 valence electrons. The summed E-state index contributed by atoms with van der Waals surface area (Å²) in [5, 5.41) is 2.43. The fraction of sp³-hybridized carbons (Fsp3) is 0.500. The van der Waals surface area contributed by atoms with E-state index in [0.29, 0.717) is 5.69 Å². The smallest absolute Gasteiger partial charge is 0.222 e. The third-order valence-corrected chi connectivity index (χ3v) is 2.46. The average Bonchev–Trinajstić information content (AvgIpc) is 2.11. The third kappa shape index (κ3) is 1.69. The average molecular weight is 190 g/mol. The van der Waals surface area contributed by atoms with E-state index in [1.165, 1.54) is 0 Å². The van der Waals surface area contributed by atoms with E-state index in [4.69, 9.17) is 7.98 Å². The van der Waals surface area contributed by atoms with Gasteiger partial charge in [-0.05, 0) is 12.8 Å². The quantitative estimate of drug-likeness (QED) is 0.713. The Bertz CT molecular complexity index is 396. The Morgan fingerprint density at radius 3 is 2.50 bits per heavy atom. The number of aryl methyl sites for hydroxylation is 1. The maximum atomic E-state index is 11.9. The second-order valence-corrected chi connectivity index (χ2v) is 3.78. The molecular weight excluding hydrogens is 175 g/mol. The van der Waals surface area contributed by atoms with E-state index in [-0.39, 0.29) is 11.3 Å². The topological polar surface area (TPSA) is 34.0 Å². The number of nitrogens with zero attached hydrogens (tertiary/aromatic N) is 1. The van der Waals surface area contributed by atoms with Crippen molar-refractivity contribution in [2.45, 2.75) is 26.7 Å². The van der Waals surface area contributed by atoms with Gasteiger partial charge in [0.05, 0.1) is 5.69 Å². The second-order valence-electron chi connectivity index (χ2n) is 3.78. The Morgan fingerprint density at radius 1 is 1.50 bits per heavy atom. The van der Waals surface area contributed by atoms with Crippen LogP contribution in [0.3, 0.4) is 0 Å². The first-order chi connectivity index (χ1) is 6.49. The summed E-state index contributed by atoms with van der Waals surface area (Å²) in [7, 11) is 7.18. The van der Waals surface area contributed by atoms with Crippen molar-refractivity contribution in [2.24, 2.45) is 7.05 Å². The molecule has 0 aliphatic heterocycles. The summed E-state index contributed by atoms with van der Waals surface area (Å²) in [6.07, 6.45) is 1.71. The van der Waals surface area contributed by atoms with E-state index in [1.54, 1.807) is 6.20 Å². The van der Waals surface area contributed by atoms with Crippen LogP contribution >= 0.6 is 0 Å². The minimum absolute atomic E-state index is 0.00176. The molecule has 3 nitrogen and oxygen atoms in total. The molecule has 1 heterocycles. The van der Waals surface area contributed by atoms with Crippen molar-refractivity contribution in [1.29, 1.82) is 0 Å². The summed E-state index contributed by atoms with van der Waals surface area (Å²) in [4.78, 5) is 11.9. The summed E-state index contributed by atoms with van der Waals surface area (Å²) in [6, 6.07) is 0. The molecule has 1 rings (SSSR count). The molecule has 0 bridgehead atoms. The van der Waals surface area contributed by atoms with Crippen LogP contribution in [-0.2, 0) is 7.05 Å². The molecule has 1 aromatic rings. The summed E-state index contributed by atoms with van der Waals surface area (Å²) in [5.74, 6) is 0.210. The summed E-state index contributed by atoms with van der Waals surface area (Å²) in [5.41, 5.74) is 2.26. The van der Waals surface area contributed by atoms with Crippen LogP contribution < -0.4 is 10.7 Å². The molecular formula is C10H15BN2O. The van der Waals surface area contributed by atoms with Gasteiger partial charge in [0.2, 0.25) is 13.4 Å². The fourth-order valence-corrected chi connectivity index (χ4v) is 1.63. The largest absolute Gasteiger partial charge is 0.433 e. The molecule has 0 unspecified atom stereocenters. The van der Waals surface area contributed by atoms with Crippen LogP contribution in [0, 0.1) is 6.92 Å². The highest BCUT2D eigenvalue weighted by Crippen LogP contribution is 2.16. The molecule has 0 aromatic carbocycles. The molecule has 0 aliphatic rings. The van der Waals surface area contributed by atoms with Gasteiger partial charge in [0.1, 0.15) is 0 Å². The van der Waals surface area contributed by atoms with Crippen molar-refractivity contribution < 1.29 is 0 Å². The van der Waals surface area contributed by atoms with Gasteiger partial charge in [-0.25, -0.2) is 0 Å². The molecule has 1 aromatic heterocycles. The number of hydrogen-bond donors (Lipinski definition) is 1. The molecule has 0 saturated carbocycles. The van der Waals surface area contributed by atoms with Crippen molar-refractivity contribution in [1.82, 2.24) is 4.57 Å². The number of anilines is 1.